The van der Waals surface area contributed by atoms with Gasteiger partial charge in [-0.05, 0) is 40.3 Å². The van der Waals surface area contributed by atoms with Crippen LogP contribution < -0.4 is 4.74 Å². The summed E-state index contributed by atoms with van der Waals surface area (Å²) >= 11 is 0. The topological polar surface area (TPSA) is 22.1 Å². The second-order valence-electron chi connectivity index (χ2n) is 7.41. The van der Waals surface area contributed by atoms with Gasteiger partial charge in [0.05, 0.1) is 12.8 Å². The summed E-state index contributed by atoms with van der Waals surface area (Å²) in [5.41, 5.74) is 5.80. The van der Waals surface area contributed by atoms with Crippen molar-refractivity contribution in [2.75, 3.05) is 7.11 Å². The van der Waals surface area contributed by atoms with E-state index in [1.54, 1.807) is 7.11 Å². The molecule has 1 heterocycles. The highest BCUT2D eigenvalue weighted by Gasteiger charge is 2.13. The number of benzene rings is 2. The quantitative estimate of drug-likeness (QED) is 0.560. The van der Waals surface area contributed by atoms with Crippen LogP contribution in [0.2, 0.25) is 0 Å². The first-order chi connectivity index (χ1) is 12.5. The van der Waals surface area contributed by atoms with Gasteiger partial charge in [-0.3, -0.25) is 4.98 Å². The Morgan fingerprint density at radius 3 is 2.19 bits per heavy atom. The molecular formula is C24H25NO. The highest BCUT2D eigenvalue weighted by molar-refractivity contribution is 5.71. The van der Waals surface area contributed by atoms with Crippen molar-refractivity contribution in [3.63, 3.8) is 0 Å². The molecule has 0 spiro atoms. The first-order valence-electron chi connectivity index (χ1n) is 8.85. The number of nitrogens with zero attached hydrogens (tertiary/aromatic N) is 1. The number of rotatable bonds is 4. The van der Waals surface area contributed by atoms with Crippen molar-refractivity contribution in [3.05, 3.63) is 83.6 Å². The van der Waals surface area contributed by atoms with Crippen LogP contribution in [0.4, 0.5) is 0 Å². The minimum Gasteiger partial charge on any atom is -0.497 e. The predicted octanol–water partition coefficient (Wildman–Crippen LogP) is 6.23. The van der Waals surface area contributed by atoms with E-state index in [2.05, 4.69) is 80.4 Å². The highest BCUT2D eigenvalue weighted by Crippen LogP contribution is 2.25. The predicted molar refractivity (Wildman–Crippen MR) is 110 cm³/mol. The van der Waals surface area contributed by atoms with Crippen LogP contribution in [0.3, 0.4) is 0 Å². The van der Waals surface area contributed by atoms with Crippen molar-refractivity contribution in [2.24, 2.45) is 0 Å². The number of hydrogen-bond donors (Lipinski definition) is 0. The number of methoxy groups -OCH3 is 1. The van der Waals surface area contributed by atoms with Gasteiger partial charge in [0.1, 0.15) is 5.75 Å². The van der Waals surface area contributed by atoms with Crippen LogP contribution >= 0.6 is 0 Å². The molecule has 3 rings (SSSR count). The summed E-state index contributed by atoms with van der Waals surface area (Å²) in [6, 6.07) is 20.8. The molecule has 26 heavy (non-hydrogen) atoms. The van der Waals surface area contributed by atoms with Crippen molar-refractivity contribution in [2.45, 2.75) is 26.2 Å². The molecule has 0 saturated heterocycles. The lowest BCUT2D eigenvalue weighted by Gasteiger charge is -2.19. The summed E-state index contributed by atoms with van der Waals surface area (Å²) in [4.78, 5) is 4.61. The molecule has 0 radical (unpaired) electrons. The Morgan fingerprint density at radius 2 is 1.58 bits per heavy atom. The molecule has 2 aromatic carbocycles. The van der Waals surface area contributed by atoms with Crippen LogP contribution in [0.1, 0.15) is 37.5 Å². The summed E-state index contributed by atoms with van der Waals surface area (Å²) in [6.07, 6.45) is 6.04. The largest absolute Gasteiger partial charge is 0.497 e. The number of hydrogen-bond acceptors (Lipinski definition) is 2. The van der Waals surface area contributed by atoms with E-state index in [1.807, 2.05) is 24.4 Å². The lowest BCUT2D eigenvalue weighted by Crippen LogP contribution is -2.10. The highest BCUT2D eigenvalue weighted by atomic mass is 16.5. The standard InChI is InChI=1S/C24H25NO/c1-24(2,3)21-13-11-20(12-14-21)23-15-10-19(17-25-23)9-8-18-6-5-7-22(16-18)26-4/h5-17H,1-4H3/b9-8+. The fourth-order valence-electron chi connectivity index (χ4n) is 2.75. The van der Waals surface area contributed by atoms with Crippen molar-refractivity contribution in [1.82, 2.24) is 4.98 Å². The molecule has 0 amide bonds. The average molecular weight is 343 g/mol. The van der Waals surface area contributed by atoms with Gasteiger partial charge < -0.3 is 4.74 Å². The van der Waals surface area contributed by atoms with Crippen LogP contribution in [-0.2, 0) is 5.41 Å². The van der Waals surface area contributed by atoms with Crippen LogP contribution in [0.25, 0.3) is 23.4 Å². The molecule has 132 valence electrons. The zero-order valence-corrected chi connectivity index (χ0v) is 15.9. The molecular weight excluding hydrogens is 318 g/mol. The summed E-state index contributed by atoms with van der Waals surface area (Å²) in [5.74, 6) is 0.860. The van der Waals surface area contributed by atoms with Gasteiger partial charge in [0.2, 0.25) is 0 Å². The third-order valence-electron chi connectivity index (χ3n) is 4.40. The van der Waals surface area contributed by atoms with E-state index < -0.39 is 0 Å². The first-order valence-corrected chi connectivity index (χ1v) is 8.85. The van der Waals surface area contributed by atoms with Gasteiger partial charge >= 0.3 is 0 Å². The Bertz CT molecular complexity index is 885. The Hall–Kier alpha value is -2.87. The van der Waals surface area contributed by atoms with E-state index in [-0.39, 0.29) is 5.41 Å². The second kappa shape index (κ2) is 7.57. The summed E-state index contributed by atoms with van der Waals surface area (Å²) in [5, 5.41) is 0. The SMILES string of the molecule is COc1cccc(/C=C/c2ccc(-c3ccc(C(C)(C)C)cc3)nc2)c1. The maximum Gasteiger partial charge on any atom is 0.119 e. The molecule has 0 fully saturated rings. The van der Waals surface area contributed by atoms with Crippen LogP contribution in [0, 0.1) is 0 Å². The van der Waals surface area contributed by atoms with Gasteiger partial charge in [-0.1, -0.05) is 75.4 Å². The lowest BCUT2D eigenvalue weighted by molar-refractivity contribution is 0.414. The van der Waals surface area contributed by atoms with E-state index in [4.69, 9.17) is 4.74 Å². The van der Waals surface area contributed by atoms with E-state index in [0.717, 1.165) is 28.1 Å². The molecule has 0 aliphatic heterocycles. The summed E-state index contributed by atoms with van der Waals surface area (Å²) in [7, 11) is 1.68. The number of ether oxygens (including phenoxy) is 1. The third kappa shape index (κ3) is 4.40. The fraction of sp³-hybridized carbons (Fsp3) is 0.208. The Balaban J connectivity index is 1.75. The smallest absolute Gasteiger partial charge is 0.119 e. The van der Waals surface area contributed by atoms with Crippen LogP contribution in [0.5, 0.6) is 5.75 Å². The molecule has 3 aromatic rings. The Kier molecular flexibility index (Phi) is 5.22. The Labute approximate surface area is 156 Å². The minimum atomic E-state index is 0.167. The molecule has 0 N–H and O–H groups in total. The van der Waals surface area contributed by atoms with E-state index in [1.165, 1.54) is 5.56 Å². The zero-order valence-electron chi connectivity index (χ0n) is 15.9. The maximum atomic E-state index is 5.25. The monoisotopic (exact) mass is 343 g/mol. The molecule has 0 atom stereocenters. The van der Waals surface area contributed by atoms with E-state index in [9.17, 15) is 0 Å². The van der Waals surface area contributed by atoms with Crippen LogP contribution in [-0.4, -0.2) is 12.1 Å². The second-order valence-corrected chi connectivity index (χ2v) is 7.41. The molecule has 1 aromatic heterocycles. The zero-order chi connectivity index (χ0) is 18.6. The van der Waals surface area contributed by atoms with Crippen molar-refractivity contribution in [1.29, 1.82) is 0 Å². The Morgan fingerprint density at radius 1 is 0.846 bits per heavy atom. The van der Waals surface area contributed by atoms with Crippen molar-refractivity contribution < 1.29 is 4.74 Å². The number of aromatic nitrogens is 1. The summed E-state index contributed by atoms with van der Waals surface area (Å²) in [6.45, 7) is 6.68. The molecule has 2 nitrogen and oxygen atoms in total. The van der Waals surface area contributed by atoms with Gasteiger partial charge in [0.15, 0.2) is 0 Å². The number of pyridine rings is 1. The first kappa shape index (κ1) is 17.9. The molecule has 0 aliphatic carbocycles. The van der Waals surface area contributed by atoms with Crippen LogP contribution in [0.15, 0.2) is 66.9 Å². The summed E-state index contributed by atoms with van der Waals surface area (Å²) < 4.78 is 5.25. The third-order valence-corrected chi connectivity index (χ3v) is 4.40. The fourth-order valence-corrected chi connectivity index (χ4v) is 2.75. The maximum absolute atomic E-state index is 5.25. The van der Waals surface area contributed by atoms with Gasteiger partial charge in [0.25, 0.3) is 0 Å². The van der Waals surface area contributed by atoms with E-state index >= 15 is 0 Å². The molecule has 0 aliphatic rings. The molecule has 0 unspecified atom stereocenters. The average Bonchev–Trinajstić information content (AvgIpc) is 2.66. The van der Waals surface area contributed by atoms with Crippen molar-refractivity contribution in [3.8, 4) is 17.0 Å². The lowest BCUT2D eigenvalue weighted by atomic mass is 9.86. The van der Waals surface area contributed by atoms with Crippen molar-refractivity contribution >= 4 is 12.2 Å². The van der Waals surface area contributed by atoms with E-state index in [0.29, 0.717) is 0 Å². The molecule has 0 bridgehead atoms. The normalized spacial score (nSPS) is 11.7. The van der Waals surface area contributed by atoms with Gasteiger partial charge in [-0.25, -0.2) is 0 Å². The minimum absolute atomic E-state index is 0.167. The molecule has 0 saturated carbocycles. The molecule has 2 heteroatoms. The van der Waals surface area contributed by atoms with Gasteiger partial charge in [-0.15, -0.1) is 0 Å². The van der Waals surface area contributed by atoms with Gasteiger partial charge in [-0.2, -0.15) is 0 Å². The van der Waals surface area contributed by atoms with Gasteiger partial charge in [0, 0.05) is 11.8 Å².